The van der Waals surface area contributed by atoms with Crippen molar-refractivity contribution in [2.45, 2.75) is 0 Å². The van der Waals surface area contributed by atoms with Crippen LogP contribution < -0.4 is 51.4 Å². The zero-order chi connectivity index (χ0) is 5.58. The Morgan fingerprint density at radius 1 is 0.900 bits per heavy atom. The Kier molecular flexibility index (Phi) is 216. The van der Waals surface area contributed by atoms with Gasteiger partial charge in [0.05, 0.1) is 0 Å². The van der Waals surface area contributed by atoms with E-state index < -0.39 is 7.32 Å². The Balaban J connectivity index is -0.00000000432. The van der Waals surface area contributed by atoms with Crippen LogP contribution in [0.25, 0.3) is 0 Å². The first-order chi connectivity index (χ1) is 2.73. The van der Waals surface area contributed by atoms with E-state index in [-0.39, 0.29) is 66.9 Å². The summed E-state index contributed by atoms with van der Waals surface area (Å²) in [5.41, 5.74) is 0. The number of hydrogen-bond donors (Lipinski definition) is 3. The van der Waals surface area contributed by atoms with E-state index in [1.54, 1.807) is 0 Å². The Morgan fingerprint density at radius 3 is 0.900 bits per heavy atom. The van der Waals surface area contributed by atoms with Crippen LogP contribution in [0, 0.1) is 0 Å². The zero-order valence-corrected chi connectivity index (χ0v) is 8.68. The molecule has 62 valence electrons. The summed E-state index contributed by atoms with van der Waals surface area (Å²) in [6.45, 7) is 6.00. The first kappa shape index (κ1) is 43.5. The van der Waals surface area contributed by atoms with Crippen molar-refractivity contribution in [3.05, 3.63) is 13.2 Å². The summed E-state index contributed by atoms with van der Waals surface area (Å²) >= 11 is 0. The Labute approximate surface area is 101 Å². The molecule has 0 aromatic rings. The van der Waals surface area contributed by atoms with Gasteiger partial charge in [-0.15, -0.1) is 13.2 Å². The molecular weight excluding hydrogens is 179 g/mol. The van der Waals surface area contributed by atoms with Gasteiger partial charge in [-0.2, -0.15) is 0 Å². The van der Waals surface area contributed by atoms with Crippen molar-refractivity contribution in [1.29, 1.82) is 0 Å². The second-order valence-corrected chi connectivity index (χ2v) is 0.346. The van der Waals surface area contributed by atoms with Crippen molar-refractivity contribution in [3.63, 3.8) is 0 Å². The molecule has 3 nitrogen and oxygen atoms in total. The quantitative estimate of drug-likeness (QED) is 0.272. The normalized spacial score (nSPS) is 3.10. The molecule has 0 aliphatic rings. The topological polar surface area (TPSA) is 60.7 Å². The maximum Gasteiger partial charge on any atom is 1.00 e. The summed E-state index contributed by atoms with van der Waals surface area (Å²) in [5, 5.41) is 21.5. The summed E-state index contributed by atoms with van der Waals surface area (Å²) in [6, 6.07) is 0. The van der Waals surface area contributed by atoms with Gasteiger partial charge < -0.3 is 16.5 Å². The SMILES string of the molecule is C=C.F.F.F.OB(O)O.[H-].[K+]. The van der Waals surface area contributed by atoms with E-state index in [9.17, 15) is 0 Å². The van der Waals surface area contributed by atoms with Crippen LogP contribution in [0.5, 0.6) is 0 Å². The molecule has 0 saturated heterocycles. The molecule has 0 unspecified atom stereocenters. The molecule has 0 radical (unpaired) electrons. The molecule has 0 atom stereocenters. The first-order valence-corrected chi connectivity index (χ1v) is 1.27. The second-order valence-electron chi connectivity index (χ2n) is 0.346. The third-order valence-electron chi connectivity index (χ3n) is 0. The second kappa shape index (κ2) is 49.7. The Morgan fingerprint density at radius 2 is 0.900 bits per heavy atom. The number of halogens is 3. The largest absolute Gasteiger partial charge is 1.00 e. The maximum atomic E-state index is 7.17. The molecule has 8 heteroatoms. The average molecular weight is 190 g/mol. The smallest absolute Gasteiger partial charge is 1.00 e. The number of rotatable bonds is 0. The molecule has 0 aliphatic carbocycles. The average Bonchev–Trinajstić information content (AvgIpc) is 1.41. The Hall–Kier alpha value is 1.11. The molecule has 0 amide bonds. The minimum Gasteiger partial charge on any atom is -1.00 e. The van der Waals surface area contributed by atoms with Crippen molar-refractivity contribution in [2.24, 2.45) is 0 Å². The molecule has 0 saturated carbocycles. The van der Waals surface area contributed by atoms with Gasteiger partial charge in [-0.05, 0) is 0 Å². The van der Waals surface area contributed by atoms with Gasteiger partial charge in [-0.3, -0.25) is 14.1 Å². The van der Waals surface area contributed by atoms with Crippen LogP contribution in [-0.4, -0.2) is 22.4 Å². The van der Waals surface area contributed by atoms with Gasteiger partial charge in [0.1, 0.15) is 0 Å². The van der Waals surface area contributed by atoms with Gasteiger partial charge in [-0.25, -0.2) is 0 Å². The van der Waals surface area contributed by atoms with Crippen LogP contribution in [0.15, 0.2) is 13.2 Å². The van der Waals surface area contributed by atoms with Crippen molar-refractivity contribution in [3.8, 4) is 0 Å². The summed E-state index contributed by atoms with van der Waals surface area (Å²) in [5.74, 6) is 0. The standard InChI is InChI=1S/C2H4.BH3O3.3FH.K.H/c1-2;2-1(3)4;;;;;/h1-2H2;2-4H;3*1H;;/q;;;;;+1;-1. The van der Waals surface area contributed by atoms with E-state index in [4.69, 9.17) is 15.1 Å². The van der Waals surface area contributed by atoms with Crippen molar-refractivity contribution < 1.29 is 82.0 Å². The van der Waals surface area contributed by atoms with Crippen molar-refractivity contribution in [1.82, 2.24) is 0 Å². The molecule has 0 fully saturated rings. The van der Waals surface area contributed by atoms with Gasteiger partial charge in [0.2, 0.25) is 0 Å². The molecule has 0 heterocycles. The van der Waals surface area contributed by atoms with E-state index in [1.807, 2.05) is 0 Å². The monoisotopic (exact) mass is 190 g/mol. The summed E-state index contributed by atoms with van der Waals surface area (Å²) in [7, 11) is -2.17. The van der Waals surface area contributed by atoms with Crippen LogP contribution in [0.3, 0.4) is 0 Å². The zero-order valence-electron chi connectivity index (χ0n) is 6.56. The van der Waals surface area contributed by atoms with Gasteiger partial charge >= 0.3 is 58.7 Å². The van der Waals surface area contributed by atoms with Gasteiger partial charge in [0, 0.05) is 0 Å². The minimum absolute atomic E-state index is 0. The summed E-state index contributed by atoms with van der Waals surface area (Å²) < 4.78 is 0. The van der Waals surface area contributed by atoms with E-state index in [0.29, 0.717) is 0 Å². The van der Waals surface area contributed by atoms with Crippen LogP contribution in [0.1, 0.15) is 1.43 Å². The van der Waals surface area contributed by atoms with Crippen molar-refractivity contribution in [2.75, 3.05) is 0 Å². The molecule has 0 spiro atoms. The predicted octanol–water partition coefficient (Wildman–Crippen LogP) is -3.68. The molecule has 0 aromatic heterocycles. The molecule has 3 N–H and O–H groups in total. The van der Waals surface area contributed by atoms with Crippen molar-refractivity contribution >= 4 is 7.32 Å². The van der Waals surface area contributed by atoms with E-state index in [2.05, 4.69) is 13.2 Å². The minimum atomic E-state index is -2.17. The molecule has 10 heavy (non-hydrogen) atoms. The fourth-order valence-corrected chi connectivity index (χ4v) is 0. The molecule has 0 aromatic carbocycles. The molecular formula is C2H11BF3KO3. The Bertz CT molecular complexity index is 37.8. The predicted molar refractivity (Wildman–Crippen MR) is 32.3 cm³/mol. The van der Waals surface area contributed by atoms with E-state index in [1.165, 1.54) is 0 Å². The van der Waals surface area contributed by atoms with Gasteiger partial charge in [-0.1, -0.05) is 0 Å². The van der Waals surface area contributed by atoms with Gasteiger partial charge in [0.25, 0.3) is 0 Å². The van der Waals surface area contributed by atoms with Crippen LogP contribution in [0.4, 0.5) is 14.1 Å². The van der Waals surface area contributed by atoms with Crippen LogP contribution in [0.2, 0.25) is 0 Å². The summed E-state index contributed by atoms with van der Waals surface area (Å²) in [4.78, 5) is 0. The van der Waals surface area contributed by atoms with E-state index >= 15 is 0 Å². The maximum absolute atomic E-state index is 7.17. The van der Waals surface area contributed by atoms with Crippen LogP contribution in [-0.2, 0) is 0 Å². The third-order valence-corrected chi connectivity index (χ3v) is 0. The van der Waals surface area contributed by atoms with Crippen LogP contribution >= 0.6 is 0 Å². The summed E-state index contributed by atoms with van der Waals surface area (Å²) in [6.07, 6.45) is 0. The molecule has 0 aliphatic heterocycles. The third kappa shape index (κ3) is 485. The van der Waals surface area contributed by atoms with Gasteiger partial charge in [0.15, 0.2) is 0 Å². The first-order valence-electron chi connectivity index (χ1n) is 1.27. The fourth-order valence-electron chi connectivity index (χ4n) is 0. The number of hydrogen-bond acceptors (Lipinski definition) is 3. The fraction of sp³-hybridized carbons (Fsp3) is 0. The molecule has 0 bridgehead atoms. The molecule has 0 rings (SSSR count). The van der Waals surface area contributed by atoms with E-state index in [0.717, 1.165) is 0 Å².